The van der Waals surface area contributed by atoms with Crippen molar-refractivity contribution in [3.8, 4) is 0 Å². The first-order chi connectivity index (χ1) is 13.7. The highest BCUT2D eigenvalue weighted by Crippen LogP contribution is 2.37. The van der Waals surface area contributed by atoms with Crippen molar-refractivity contribution in [1.29, 1.82) is 0 Å². The Kier molecular flexibility index (Phi) is 5.00. The van der Waals surface area contributed by atoms with Gasteiger partial charge in [-0.1, -0.05) is 31.5 Å². The van der Waals surface area contributed by atoms with Crippen LogP contribution in [0.3, 0.4) is 0 Å². The standard InChI is InChI=1S/C20H24N4O2S2/c1-2-15-22-23-16(26-15)11-27-20-21-18-17(13-9-5-6-10-14(13)28-18)19(25)24(20)12-7-3-4-8-12/h12H,2-11H2,1H3. The lowest BCUT2D eigenvalue weighted by Crippen LogP contribution is -2.26. The van der Waals surface area contributed by atoms with E-state index in [9.17, 15) is 4.79 Å². The second-order valence-electron chi connectivity index (χ2n) is 7.63. The normalized spacial score (nSPS) is 17.5. The molecule has 0 bridgehead atoms. The molecule has 0 saturated heterocycles. The minimum atomic E-state index is 0.165. The SMILES string of the molecule is CCc1nnc(CSc2nc3sc4c(c3c(=O)n2C2CCCC2)CCCC4)o1. The maximum Gasteiger partial charge on any atom is 0.263 e. The Morgan fingerprint density at radius 2 is 1.93 bits per heavy atom. The summed E-state index contributed by atoms with van der Waals surface area (Å²) in [6.07, 6.45) is 9.73. The summed E-state index contributed by atoms with van der Waals surface area (Å²) in [5, 5.41) is 9.85. The van der Waals surface area contributed by atoms with Crippen LogP contribution in [0.2, 0.25) is 0 Å². The molecular formula is C20H24N4O2S2. The van der Waals surface area contributed by atoms with Crippen LogP contribution in [0, 0.1) is 0 Å². The molecule has 0 aromatic carbocycles. The van der Waals surface area contributed by atoms with Crippen LogP contribution in [0.25, 0.3) is 10.2 Å². The molecule has 1 saturated carbocycles. The smallest absolute Gasteiger partial charge is 0.263 e. The van der Waals surface area contributed by atoms with E-state index in [-0.39, 0.29) is 11.6 Å². The average Bonchev–Trinajstić information content (AvgIpc) is 3.45. The maximum absolute atomic E-state index is 13.6. The summed E-state index contributed by atoms with van der Waals surface area (Å²) in [6.45, 7) is 2.00. The molecule has 0 amide bonds. The highest BCUT2D eigenvalue weighted by Gasteiger charge is 2.27. The fourth-order valence-electron chi connectivity index (χ4n) is 4.40. The Balaban J connectivity index is 1.57. The molecule has 2 aliphatic rings. The number of hydrogen-bond donors (Lipinski definition) is 0. The minimum Gasteiger partial charge on any atom is -0.424 e. The van der Waals surface area contributed by atoms with Crippen LogP contribution in [-0.4, -0.2) is 19.7 Å². The van der Waals surface area contributed by atoms with Gasteiger partial charge in [-0.2, -0.15) is 0 Å². The van der Waals surface area contributed by atoms with Crippen molar-refractivity contribution in [2.24, 2.45) is 0 Å². The van der Waals surface area contributed by atoms with Gasteiger partial charge in [0.2, 0.25) is 11.8 Å². The number of thioether (sulfide) groups is 1. The Hall–Kier alpha value is -1.67. The highest BCUT2D eigenvalue weighted by molar-refractivity contribution is 7.98. The summed E-state index contributed by atoms with van der Waals surface area (Å²) in [7, 11) is 0. The zero-order valence-electron chi connectivity index (χ0n) is 16.1. The summed E-state index contributed by atoms with van der Waals surface area (Å²) in [6, 6.07) is 0.264. The largest absolute Gasteiger partial charge is 0.424 e. The molecule has 0 atom stereocenters. The summed E-state index contributed by atoms with van der Waals surface area (Å²) in [5.74, 6) is 1.79. The molecule has 3 heterocycles. The number of thiophene rings is 1. The topological polar surface area (TPSA) is 73.8 Å². The zero-order chi connectivity index (χ0) is 19.1. The van der Waals surface area contributed by atoms with Crippen molar-refractivity contribution in [2.45, 2.75) is 81.7 Å². The van der Waals surface area contributed by atoms with Crippen LogP contribution >= 0.6 is 23.1 Å². The molecule has 3 aromatic rings. The van der Waals surface area contributed by atoms with Crippen molar-refractivity contribution in [3.05, 3.63) is 32.6 Å². The van der Waals surface area contributed by atoms with Crippen molar-refractivity contribution < 1.29 is 4.42 Å². The van der Waals surface area contributed by atoms with Crippen LogP contribution in [0.1, 0.15) is 73.7 Å². The van der Waals surface area contributed by atoms with Crippen LogP contribution < -0.4 is 5.56 Å². The molecule has 0 aliphatic heterocycles. The zero-order valence-corrected chi connectivity index (χ0v) is 17.7. The molecule has 0 unspecified atom stereocenters. The van der Waals surface area contributed by atoms with Gasteiger partial charge in [-0.25, -0.2) is 4.98 Å². The van der Waals surface area contributed by atoms with E-state index in [1.165, 1.54) is 36.1 Å². The van der Waals surface area contributed by atoms with E-state index < -0.39 is 0 Å². The molecule has 28 heavy (non-hydrogen) atoms. The molecule has 8 heteroatoms. The summed E-state index contributed by atoms with van der Waals surface area (Å²) in [4.78, 5) is 20.9. The average molecular weight is 417 g/mol. The molecule has 6 nitrogen and oxygen atoms in total. The van der Waals surface area contributed by atoms with Gasteiger partial charge in [0.15, 0.2) is 5.16 Å². The number of hydrogen-bond acceptors (Lipinski definition) is 7. The summed E-state index contributed by atoms with van der Waals surface area (Å²) in [5.41, 5.74) is 1.44. The van der Waals surface area contributed by atoms with E-state index in [0.717, 1.165) is 47.5 Å². The molecule has 148 valence electrons. The summed E-state index contributed by atoms with van der Waals surface area (Å²) >= 11 is 3.27. The van der Waals surface area contributed by atoms with Crippen LogP contribution in [-0.2, 0) is 25.0 Å². The molecule has 5 rings (SSSR count). The lowest BCUT2D eigenvalue weighted by molar-refractivity contribution is 0.455. The quantitative estimate of drug-likeness (QED) is 0.444. The van der Waals surface area contributed by atoms with Crippen molar-refractivity contribution in [1.82, 2.24) is 19.7 Å². The van der Waals surface area contributed by atoms with Gasteiger partial charge in [-0.05, 0) is 44.1 Å². The maximum atomic E-state index is 13.6. The Bertz CT molecular complexity index is 1060. The second kappa shape index (κ2) is 7.63. The Morgan fingerprint density at radius 1 is 1.14 bits per heavy atom. The van der Waals surface area contributed by atoms with E-state index in [0.29, 0.717) is 17.5 Å². The van der Waals surface area contributed by atoms with Crippen molar-refractivity contribution in [3.63, 3.8) is 0 Å². The fourth-order valence-corrected chi connectivity index (χ4v) is 6.61. The fraction of sp³-hybridized carbons (Fsp3) is 0.600. The molecule has 0 N–H and O–H groups in total. The Morgan fingerprint density at radius 3 is 2.71 bits per heavy atom. The van der Waals surface area contributed by atoms with Crippen LogP contribution in [0.4, 0.5) is 0 Å². The van der Waals surface area contributed by atoms with Crippen LogP contribution in [0.5, 0.6) is 0 Å². The van der Waals surface area contributed by atoms with Gasteiger partial charge in [-0.15, -0.1) is 21.5 Å². The summed E-state index contributed by atoms with van der Waals surface area (Å²) < 4.78 is 7.63. The third kappa shape index (κ3) is 3.20. The lowest BCUT2D eigenvalue weighted by Gasteiger charge is -2.18. The molecule has 2 aliphatic carbocycles. The molecule has 1 fully saturated rings. The predicted molar refractivity (Wildman–Crippen MR) is 111 cm³/mol. The van der Waals surface area contributed by atoms with Gasteiger partial charge >= 0.3 is 0 Å². The third-order valence-electron chi connectivity index (χ3n) is 5.81. The Labute approximate surface area is 171 Å². The third-order valence-corrected chi connectivity index (χ3v) is 7.94. The van der Waals surface area contributed by atoms with Gasteiger partial charge in [-0.3, -0.25) is 9.36 Å². The molecular weight excluding hydrogens is 392 g/mol. The molecule has 0 radical (unpaired) electrons. The lowest BCUT2D eigenvalue weighted by atomic mass is 9.97. The van der Waals surface area contributed by atoms with E-state index in [1.54, 1.807) is 23.1 Å². The van der Waals surface area contributed by atoms with Crippen molar-refractivity contribution >= 4 is 33.3 Å². The van der Waals surface area contributed by atoms with Crippen LogP contribution in [0.15, 0.2) is 14.4 Å². The van der Waals surface area contributed by atoms with Gasteiger partial charge in [0, 0.05) is 17.3 Å². The predicted octanol–water partition coefficient (Wildman–Crippen LogP) is 4.69. The van der Waals surface area contributed by atoms with Gasteiger partial charge in [0.05, 0.1) is 11.1 Å². The highest BCUT2D eigenvalue weighted by atomic mass is 32.2. The minimum absolute atomic E-state index is 0.165. The number of aromatic nitrogens is 4. The van der Waals surface area contributed by atoms with E-state index >= 15 is 0 Å². The van der Waals surface area contributed by atoms with Gasteiger partial charge < -0.3 is 4.42 Å². The van der Waals surface area contributed by atoms with E-state index in [1.807, 2.05) is 11.5 Å². The first kappa shape index (κ1) is 18.4. The first-order valence-corrected chi connectivity index (χ1v) is 12.1. The van der Waals surface area contributed by atoms with E-state index in [4.69, 9.17) is 9.40 Å². The van der Waals surface area contributed by atoms with Crippen molar-refractivity contribution in [2.75, 3.05) is 0 Å². The molecule has 0 spiro atoms. The number of rotatable bonds is 5. The monoisotopic (exact) mass is 416 g/mol. The van der Waals surface area contributed by atoms with Gasteiger partial charge in [0.25, 0.3) is 5.56 Å². The van der Waals surface area contributed by atoms with Gasteiger partial charge in [0.1, 0.15) is 4.83 Å². The number of nitrogens with zero attached hydrogens (tertiary/aromatic N) is 4. The number of fused-ring (bicyclic) bond motifs is 3. The first-order valence-electron chi connectivity index (χ1n) is 10.3. The second-order valence-corrected chi connectivity index (χ2v) is 9.66. The number of aryl methyl sites for hydroxylation is 3. The van der Waals surface area contributed by atoms with E-state index in [2.05, 4.69) is 10.2 Å². The molecule has 3 aromatic heterocycles.